The number of nitrogens with one attached hydrogen (secondary N) is 2. The van der Waals surface area contributed by atoms with Crippen LogP contribution in [-0.4, -0.2) is 29.1 Å². The van der Waals surface area contributed by atoms with Crippen LogP contribution in [0.15, 0.2) is 54.6 Å². The van der Waals surface area contributed by atoms with E-state index in [-0.39, 0.29) is 12.4 Å². The Morgan fingerprint density at radius 2 is 1.74 bits per heavy atom. The van der Waals surface area contributed by atoms with Crippen LogP contribution in [0.2, 0.25) is 0 Å². The SMILES string of the molecule is Cl.c1ccc(-c2nc(N[C@@H]3CCNC3)nc3ccccc23)cc1. The highest BCUT2D eigenvalue weighted by Gasteiger charge is 2.16. The minimum atomic E-state index is 0. The third-order valence-electron chi connectivity index (χ3n) is 4.04. The van der Waals surface area contributed by atoms with Crippen molar-refractivity contribution in [1.82, 2.24) is 15.3 Å². The van der Waals surface area contributed by atoms with Crippen LogP contribution in [-0.2, 0) is 0 Å². The molecule has 4 rings (SSSR count). The average molecular weight is 327 g/mol. The van der Waals surface area contributed by atoms with Gasteiger partial charge in [0.2, 0.25) is 5.95 Å². The molecule has 1 aliphatic rings. The Bertz CT molecular complexity index is 785. The lowest BCUT2D eigenvalue weighted by atomic mass is 10.1. The molecule has 0 aliphatic carbocycles. The minimum Gasteiger partial charge on any atom is -0.350 e. The van der Waals surface area contributed by atoms with Gasteiger partial charge in [-0.3, -0.25) is 0 Å². The molecule has 0 radical (unpaired) electrons. The van der Waals surface area contributed by atoms with Crippen molar-refractivity contribution >= 4 is 29.3 Å². The lowest BCUT2D eigenvalue weighted by Crippen LogP contribution is -2.23. The fourth-order valence-electron chi connectivity index (χ4n) is 2.92. The lowest BCUT2D eigenvalue weighted by molar-refractivity contribution is 0.782. The van der Waals surface area contributed by atoms with Crippen molar-refractivity contribution in [2.75, 3.05) is 18.4 Å². The smallest absolute Gasteiger partial charge is 0.224 e. The summed E-state index contributed by atoms with van der Waals surface area (Å²) in [6, 6.07) is 18.9. The maximum atomic E-state index is 4.78. The Morgan fingerprint density at radius 3 is 2.52 bits per heavy atom. The third-order valence-corrected chi connectivity index (χ3v) is 4.04. The van der Waals surface area contributed by atoms with E-state index in [0.29, 0.717) is 12.0 Å². The molecule has 2 heterocycles. The minimum absolute atomic E-state index is 0. The number of fused-ring (bicyclic) bond motifs is 1. The second-order valence-corrected chi connectivity index (χ2v) is 5.61. The van der Waals surface area contributed by atoms with Crippen molar-refractivity contribution in [3.8, 4) is 11.3 Å². The quantitative estimate of drug-likeness (QED) is 0.773. The first-order valence-electron chi connectivity index (χ1n) is 7.69. The zero-order valence-electron chi connectivity index (χ0n) is 12.7. The van der Waals surface area contributed by atoms with E-state index in [9.17, 15) is 0 Å². The number of hydrogen-bond acceptors (Lipinski definition) is 4. The van der Waals surface area contributed by atoms with Gasteiger partial charge in [-0.05, 0) is 19.0 Å². The van der Waals surface area contributed by atoms with E-state index in [0.717, 1.165) is 41.7 Å². The molecule has 1 saturated heterocycles. The zero-order chi connectivity index (χ0) is 14.8. The van der Waals surface area contributed by atoms with Crippen molar-refractivity contribution < 1.29 is 0 Å². The van der Waals surface area contributed by atoms with E-state index < -0.39 is 0 Å². The van der Waals surface area contributed by atoms with Crippen LogP contribution in [0.5, 0.6) is 0 Å². The van der Waals surface area contributed by atoms with Gasteiger partial charge in [-0.2, -0.15) is 0 Å². The number of benzene rings is 2. The lowest BCUT2D eigenvalue weighted by Gasteiger charge is -2.14. The summed E-state index contributed by atoms with van der Waals surface area (Å²) in [5.41, 5.74) is 3.08. The van der Waals surface area contributed by atoms with Gasteiger partial charge < -0.3 is 10.6 Å². The highest BCUT2D eigenvalue weighted by molar-refractivity contribution is 5.93. The Labute approximate surface area is 141 Å². The van der Waals surface area contributed by atoms with E-state index >= 15 is 0 Å². The number of anilines is 1. The molecule has 23 heavy (non-hydrogen) atoms. The molecular formula is C18H19ClN4. The normalized spacial score (nSPS) is 17.0. The molecule has 0 saturated carbocycles. The summed E-state index contributed by atoms with van der Waals surface area (Å²) in [6.07, 6.45) is 1.11. The fourth-order valence-corrected chi connectivity index (χ4v) is 2.92. The van der Waals surface area contributed by atoms with E-state index in [1.165, 1.54) is 0 Å². The molecule has 4 nitrogen and oxygen atoms in total. The van der Waals surface area contributed by atoms with Crippen LogP contribution in [0, 0.1) is 0 Å². The van der Waals surface area contributed by atoms with Gasteiger partial charge in [0, 0.05) is 23.5 Å². The molecule has 1 aliphatic heterocycles. The first-order valence-corrected chi connectivity index (χ1v) is 7.69. The number of hydrogen-bond donors (Lipinski definition) is 2. The number of aromatic nitrogens is 2. The fraction of sp³-hybridized carbons (Fsp3) is 0.222. The number of para-hydroxylation sites is 1. The molecule has 1 aromatic heterocycles. The molecule has 0 unspecified atom stereocenters. The van der Waals surface area contributed by atoms with Crippen molar-refractivity contribution in [3.05, 3.63) is 54.6 Å². The van der Waals surface area contributed by atoms with Gasteiger partial charge >= 0.3 is 0 Å². The molecule has 5 heteroatoms. The molecule has 1 atom stereocenters. The molecule has 1 fully saturated rings. The Hall–Kier alpha value is -2.17. The van der Waals surface area contributed by atoms with Crippen LogP contribution in [0.4, 0.5) is 5.95 Å². The predicted octanol–water partition coefficient (Wildman–Crippen LogP) is 3.49. The number of halogens is 1. The van der Waals surface area contributed by atoms with Crippen molar-refractivity contribution in [1.29, 1.82) is 0 Å². The summed E-state index contributed by atoms with van der Waals surface area (Å²) in [6.45, 7) is 2.02. The van der Waals surface area contributed by atoms with E-state index in [2.05, 4.69) is 33.8 Å². The van der Waals surface area contributed by atoms with E-state index in [1.807, 2.05) is 36.4 Å². The molecule has 3 aromatic rings. The van der Waals surface area contributed by atoms with Gasteiger partial charge in [0.25, 0.3) is 0 Å². The first-order chi connectivity index (χ1) is 10.9. The first kappa shape index (κ1) is 15.7. The Kier molecular flexibility index (Phi) is 4.74. The van der Waals surface area contributed by atoms with Gasteiger partial charge in [-0.25, -0.2) is 9.97 Å². The van der Waals surface area contributed by atoms with Crippen LogP contribution in [0.1, 0.15) is 6.42 Å². The highest BCUT2D eigenvalue weighted by atomic mass is 35.5. The Balaban J connectivity index is 0.00000156. The molecule has 0 bridgehead atoms. The highest BCUT2D eigenvalue weighted by Crippen LogP contribution is 2.27. The van der Waals surface area contributed by atoms with Gasteiger partial charge in [-0.15, -0.1) is 12.4 Å². The summed E-state index contributed by atoms with van der Waals surface area (Å²) in [5.74, 6) is 0.714. The molecule has 0 amide bonds. The van der Waals surface area contributed by atoms with Gasteiger partial charge in [0.05, 0.1) is 11.2 Å². The molecular weight excluding hydrogens is 308 g/mol. The summed E-state index contributed by atoms with van der Waals surface area (Å²) >= 11 is 0. The second kappa shape index (κ2) is 6.94. The molecule has 0 spiro atoms. The number of nitrogens with zero attached hydrogens (tertiary/aromatic N) is 2. The van der Waals surface area contributed by atoms with Gasteiger partial charge in [0.15, 0.2) is 0 Å². The predicted molar refractivity (Wildman–Crippen MR) is 97.1 cm³/mol. The van der Waals surface area contributed by atoms with Crippen molar-refractivity contribution in [2.24, 2.45) is 0 Å². The molecule has 2 N–H and O–H groups in total. The standard InChI is InChI=1S/C18H18N4.ClH/c1-2-6-13(7-3-1)17-15-8-4-5-9-16(15)21-18(22-17)20-14-10-11-19-12-14;/h1-9,14,19H,10-12H2,(H,20,21,22);1H/t14-;/m1./s1. The maximum absolute atomic E-state index is 4.78. The number of rotatable bonds is 3. The Morgan fingerprint density at radius 1 is 0.957 bits per heavy atom. The molecule has 118 valence electrons. The van der Waals surface area contributed by atoms with Crippen LogP contribution < -0.4 is 10.6 Å². The monoisotopic (exact) mass is 326 g/mol. The third kappa shape index (κ3) is 3.28. The largest absolute Gasteiger partial charge is 0.350 e. The maximum Gasteiger partial charge on any atom is 0.224 e. The van der Waals surface area contributed by atoms with Crippen LogP contribution >= 0.6 is 12.4 Å². The summed E-state index contributed by atoms with van der Waals surface area (Å²) in [4.78, 5) is 9.46. The van der Waals surface area contributed by atoms with Crippen LogP contribution in [0.3, 0.4) is 0 Å². The van der Waals surface area contributed by atoms with E-state index in [1.54, 1.807) is 0 Å². The van der Waals surface area contributed by atoms with Gasteiger partial charge in [-0.1, -0.05) is 48.5 Å². The van der Waals surface area contributed by atoms with Crippen molar-refractivity contribution in [2.45, 2.75) is 12.5 Å². The summed E-state index contributed by atoms with van der Waals surface area (Å²) in [5, 5.41) is 7.90. The molecule has 2 aromatic carbocycles. The zero-order valence-corrected chi connectivity index (χ0v) is 13.5. The van der Waals surface area contributed by atoms with Crippen LogP contribution in [0.25, 0.3) is 22.2 Å². The van der Waals surface area contributed by atoms with E-state index in [4.69, 9.17) is 4.98 Å². The van der Waals surface area contributed by atoms with Gasteiger partial charge in [0.1, 0.15) is 0 Å². The summed E-state index contributed by atoms with van der Waals surface area (Å²) < 4.78 is 0. The topological polar surface area (TPSA) is 49.8 Å². The summed E-state index contributed by atoms with van der Waals surface area (Å²) in [7, 11) is 0. The second-order valence-electron chi connectivity index (χ2n) is 5.61. The average Bonchev–Trinajstić information content (AvgIpc) is 3.08. The van der Waals surface area contributed by atoms with Crippen molar-refractivity contribution in [3.63, 3.8) is 0 Å².